The molecular formula is C20H23ClN2O2. The van der Waals surface area contributed by atoms with E-state index in [2.05, 4.69) is 28.4 Å². The van der Waals surface area contributed by atoms with Crippen LogP contribution in [-0.2, 0) is 22.5 Å². The van der Waals surface area contributed by atoms with Crippen molar-refractivity contribution in [3.8, 4) is 0 Å². The molecule has 1 aliphatic rings. The monoisotopic (exact) mass is 358 g/mol. The van der Waals surface area contributed by atoms with Crippen molar-refractivity contribution in [3.05, 3.63) is 64.7 Å². The first kappa shape index (κ1) is 17.9. The number of ether oxygens (including phenoxy) is 1. The van der Waals surface area contributed by atoms with Crippen LogP contribution >= 0.6 is 11.6 Å². The number of carbonyl (C=O) groups excluding carboxylic acids is 1. The summed E-state index contributed by atoms with van der Waals surface area (Å²) in [7, 11) is 0. The van der Waals surface area contributed by atoms with Crippen molar-refractivity contribution in [1.82, 2.24) is 4.90 Å². The van der Waals surface area contributed by atoms with Gasteiger partial charge in [-0.1, -0.05) is 41.9 Å². The van der Waals surface area contributed by atoms with Crippen LogP contribution in [0.1, 0.15) is 18.1 Å². The van der Waals surface area contributed by atoms with E-state index < -0.39 is 0 Å². The Kier molecular flexibility index (Phi) is 6.08. The molecule has 3 rings (SSSR count). The molecule has 1 N–H and O–H groups in total. The molecule has 5 heteroatoms. The third-order valence-corrected chi connectivity index (χ3v) is 4.68. The first-order valence-electron chi connectivity index (χ1n) is 8.54. The van der Waals surface area contributed by atoms with Gasteiger partial charge < -0.3 is 10.1 Å². The number of hydrogen-bond donors (Lipinski definition) is 1. The van der Waals surface area contributed by atoms with E-state index in [4.69, 9.17) is 16.3 Å². The molecule has 1 heterocycles. The van der Waals surface area contributed by atoms with Gasteiger partial charge in [-0.05, 0) is 29.3 Å². The SMILES string of the molecule is CC(=O)Nc1ccc(CN2CCO[C@H](Cc3ccccc3Cl)C2)cc1. The van der Waals surface area contributed by atoms with Gasteiger partial charge in [0.15, 0.2) is 0 Å². The van der Waals surface area contributed by atoms with Crippen LogP contribution in [-0.4, -0.2) is 36.6 Å². The van der Waals surface area contributed by atoms with Crippen LogP contribution < -0.4 is 5.32 Å². The number of amides is 1. The Labute approximate surface area is 153 Å². The average molecular weight is 359 g/mol. The summed E-state index contributed by atoms with van der Waals surface area (Å²) in [6.45, 7) is 4.94. The predicted molar refractivity (Wildman–Crippen MR) is 101 cm³/mol. The van der Waals surface area contributed by atoms with Crippen molar-refractivity contribution in [3.63, 3.8) is 0 Å². The molecule has 132 valence electrons. The summed E-state index contributed by atoms with van der Waals surface area (Å²) >= 11 is 6.26. The number of nitrogens with one attached hydrogen (secondary N) is 1. The van der Waals surface area contributed by atoms with Crippen LogP contribution in [0, 0.1) is 0 Å². The van der Waals surface area contributed by atoms with Gasteiger partial charge in [0.05, 0.1) is 12.7 Å². The third kappa shape index (κ3) is 5.30. The second-order valence-corrected chi connectivity index (χ2v) is 6.81. The summed E-state index contributed by atoms with van der Waals surface area (Å²) in [4.78, 5) is 13.5. The number of benzene rings is 2. The zero-order chi connectivity index (χ0) is 17.6. The van der Waals surface area contributed by atoms with E-state index in [0.29, 0.717) is 0 Å². The predicted octanol–water partition coefficient (Wildman–Crippen LogP) is 3.74. The normalized spacial score (nSPS) is 18.1. The molecule has 2 aromatic carbocycles. The fourth-order valence-corrected chi connectivity index (χ4v) is 3.32. The average Bonchev–Trinajstić information content (AvgIpc) is 2.59. The fraction of sp³-hybridized carbons (Fsp3) is 0.350. The zero-order valence-electron chi connectivity index (χ0n) is 14.4. The number of carbonyl (C=O) groups is 1. The van der Waals surface area contributed by atoms with E-state index in [1.54, 1.807) is 0 Å². The highest BCUT2D eigenvalue weighted by Gasteiger charge is 2.21. The van der Waals surface area contributed by atoms with Gasteiger partial charge in [-0.3, -0.25) is 9.69 Å². The lowest BCUT2D eigenvalue weighted by atomic mass is 10.1. The molecule has 0 aliphatic carbocycles. The molecule has 0 bridgehead atoms. The first-order valence-corrected chi connectivity index (χ1v) is 8.92. The summed E-state index contributed by atoms with van der Waals surface area (Å²) in [6.07, 6.45) is 0.991. The third-order valence-electron chi connectivity index (χ3n) is 4.31. The van der Waals surface area contributed by atoms with Gasteiger partial charge in [0.2, 0.25) is 5.91 Å². The van der Waals surface area contributed by atoms with E-state index in [1.165, 1.54) is 12.5 Å². The zero-order valence-corrected chi connectivity index (χ0v) is 15.1. The molecule has 1 aliphatic heterocycles. The highest BCUT2D eigenvalue weighted by atomic mass is 35.5. The lowest BCUT2D eigenvalue weighted by Gasteiger charge is -2.33. The molecule has 0 aromatic heterocycles. The van der Waals surface area contributed by atoms with Gasteiger partial charge in [0, 0.05) is 43.7 Å². The van der Waals surface area contributed by atoms with E-state index >= 15 is 0 Å². The van der Waals surface area contributed by atoms with Gasteiger partial charge in [-0.15, -0.1) is 0 Å². The number of rotatable bonds is 5. The molecule has 0 radical (unpaired) electrons. The van der Waals surface area contributed by atoms with Crippen LogP contribution in [0.5, 0.6) is 0 Å². The first-order chi connectivity index (χ1) is 12.1. The fourth-order valence-electron chi connectivity index (χ4n) is 3.11. The Morgan fingerprint density at radius 1 is 1.24 bits per heavy atom. The summed E-state index contributed by atoms with van der Waals surface area (Å²) in [6, 6.07) is 16.0. The lowest BCUT2D eigenvalue weighted by Crippen LogP contribution is -2.42. The second-order valence-electron chi connectivity index (χ2n) is 6.40. The van der Waals surface area contributed by atoms with Crippen molar-refractivity contribution in [1.29, 1.82) is 0 Å². The largest absolute Gasteiger partial charge is 0.375 e. The minimum absolute atomic E-state index is 0.0525. The van der Waals surface area contributed by atoms with E-state index in [9.17, 15) is 4.79 Å². The molecule has 0 spiro atoms. The topological polar surface area (TPSA) is 41.6 Å². The van der Waals surface area contributed by atoms with Crippen LogP contribution in [0.25, 0.3) is 0 Å². The van der Waals surface area contributed by atoms with Crippen LogP contribution in [0.4, 0.5) is 5.69 Å². The second kappa shape index (κ2) is 8.48. The lowest BCUT2D eigenvalue weighted by molar-refractivity contribution is -0.114. The molecule has 2 aromatic rings. The Bertz CT molecular complexity index is 718. The van der Waals surface area contributed by atoms with E-state index in [-0.39, 0.29) is 12.0 Å². The van der Waals surface area contributed by atoms with Crippen LogP contribution in [0.15, 0.2) is 48.5 Å². The maximum absolute atomic E-state index is 11.1. The number of morpholine rings is 1. The van der Waals surface area contributed by atoms with E-state index in [0.717, 1.165) is 48.9 Å². The van der Waals surface area contributed by atoms with Crippen molar-refractivity contribution < 1.29 is 9.53 Å². The van der Waals surface area contributed by atoms with Crippen molar-refractivity contribution in [2.24, 2.45) is 0 Å². The van der Waals surface area contributed by atoms with Gasteiger partial charge in [-0.25, -0.2) is 0 Å². The number of nitrogens with zero attached hydrogens (tertiary/aromatic N) is 1. The Morgan fingerprint density at radius 2 is 2.00 bits per heavy atom. The Morgan fingerprint density at radius 3 is 2.72 bits per heavy atom. The summed E-state index contributed by atoms with van der Waals surface area (Å²) in [5.41, 5.74) is 3.19. The van der Waals surface area contributed by atoms with Crippen LogP contribution in [0.3, 0.4) is 0 Å². The molecule has 1 fully saturated rings. The highest BCUT2D eigenvalue weighted by molar-refractivity contribution is 6.31. The maximum atomic E-state index is 11.1. The summed E-state index contributed by atoms with van der Waals surface area (Å²) in [5.74, 6) is -0.0525. The molecule has 4 nitrogen and oxygen atoms in total. The standard InChI is InChI=1S/C20H23ClN2O2/c1-15(24)22-18-8-6-16(7-9-18)13-23-10-11-25-19(14-23)12-17-4-2-3-5-20(17)21/h2-9,19H,10-14H2,1H3,(H,22,24)/t19-/m1/s1. The maximum Gasteiger partial charge on any atom is 0.221 e. The van der Waals surface area contributed by atoms with Crippen molar-refractivity contribution in [2.45, 2.75) is 26.0 Å². The molecule has 0 saturated carbocycles. The van der Waals surface area contributed by atoms with Gasteiger partial charge in [-0.2, -0.15) is 0 Å². The quantitative estimate of drug-likeness (QED) is 0.885. The summed E-state index contributed by atoms with van der Waals surface area (Å²) < 4.78 is 5.92. The molecule has 1 saturated heterocycles. The minimum Gasteiger partial charge on any atom is -0.375 e. The molecule has 25 heavy (non-hydrogen) atoms. The Balaban J connectivity index is 1.56. The highest BCUT2D eigenvalue weighted by Crippen LogP contribution is 2.20. The van der Waals surface area contributed by atoms with Crippen LogP contribution in [0.2, 0.25) is 5.02 Å². The number of hydrogen-bond acceptors (Lipinski definition) is 3. The number of halogens is 1. The van der Waals surface area contributed by atoms with Gasteiger partial charge in [0.1, 0.15) is 0 Å². The van der Waals surface area contributed by atoms with Crippen molar-refractivity contribution in [2.75, 3.05) is 25.0 Å². The minimum atomic E-state index is -0.0525. The smallest absolute Gasteiger partial charge is 0.221 e. The van der Waals surface area contributed by atoms with Crippen molar-refractivity contribution >= 4 is 23.2 Å². The molecule has 0 unspecified atom stereocenters. The summed E-state index contributed by atoms with van der Waals surface area (Å²) in [5, 5.41) is 3.59. The van der Waals surface area contributed by atoms with Gasteiger partial charge in [0.25, 0.3) is 0 Å². The molecule has 1 amide bonds. The van der Waals surface area contributed by atoms with Gasteiger partial charge >= 0.3 is 0 Å². The molecule has 1 atom stereocenters. The Hall–Kier alpha value is -1.88. The number of anilines is 1. The molecular weight excluding hydrogens is 336 g/mol. The van der Waals surface area contributed by atoms with E-state index in [1.807, 2.05) is 30.3 Å².